The van der Waals surface area contributed by atoms with Gasteiger partial charge in [-0.15, -0.1) is 0 Å². The van der Waals surface area contributed by atoms with E-state index in [4.69, 9.17) is 4.74 Å². The fourth-order valence-electron chi connectivity index (χ4n) is 4.44. The van der Waals surface area contributed by atoms with Crippen LogP contribution in [0.1, 0.15) is 24.2 Å². The van der Waals surface area contributed by atoms with Gasteiger partial charge in [-0.25, -0.2) is 14.0 Å². The van der Waals surface area contributed by atoms with Crippen molar-refractivity contribution < 1.29 is 28.6 Å². The predicted octanol–water partition coefficient (Wildman–Crippen LogP) is 4.85. The average molecular weight is 564 g/mol. The number of ether oxygens (including phenoxy) is 1. The summed E-state index contributed by atoms with van der Waals surface area (Å²) in [5.74, 6) is -0.673. The van der Waals surface area contributed by atoms with Crippen LogP contribution < -0.4 is 20.7 Å². The number of fused-ring (bicyclic) bond motifs is 1. The van der Waals surface area contributed by atoms with E-state index in [-0.39, 0.29) is 43.1 Å². The van der Waals surface area contributed by atoms with Crippen molar-refractivity contribution in [3.8, 4) is 5.75 Å². The van der Waals surface area contributed by atoms with Crippen molar-refractivity contribution in [1.82, 2.24) is 9.80 Å². The molecular formula is C30H34FN5O5. The quantitative estimate of drug-likeness (QED) is 0.327. The molecule has 0 aromatic heterocycles. The molecule has 3 aromatic carbocycles. The minimum atomic E-state index is -0.575. The highest BCUT2D eigenvalue weighted by atomic mass is 19.1. The molecular weight excluding hydrogens is 529 g/mol. The number of carbonyl (C=O) groups is 3. The molecule has 0 saturated heterocycles. The number of amides is 5. The number of carbonyl (C=O) groups excluding carboxylic acids is 3. The fourth-order valence-corrected chi connectivity index (χ4v) is 4.44. The van der Waals surface area contributed by atoms with Gasteiger partial charge in [0.05, 0.1) is 24.8 Å². The van der Waals surface area contributed by atoms with Crippen LogP contribution in [0.5, 0.6) is 5.75 Å². The molecule has 3 aromatic rings. The van der Waals surface area contributed by atoms with Crippen LogP contribution in [0.2, 0.25) is 0 Å². The smallest absolute Gasteiger partial charge is 0.323 e. The van der Waals surface area contributed by atoms with E-state index >= 15 is 0 Å². The van der Waals surface area contributed by atoms with Crippen LogP contribution in [0.4, 0.5) is 31.0 Å². The number of benzene rings is 3. The molecule has 0 saturated carbocycles. The lowest BCUT2D eigenvalue weighted by molar-refractivity contribution is 0.0371. The molecule has 0 unspecified atom stereocenters. The SMILES string of the molecule is C[C@H]1CN([C@@H](C)CO)C(=O)c2cc(NC(=O)Nc3ccc(F)cc3)ccc2O[C@H]1CN(C)C(=O)Nc1ccccc1. The third kappa shape index (κ3) is 7.52. The minimum absolute atomic E-state index is 0.188. The Kier molecular flexibility index (Phi) is 9.41. The van der Waals surface area contributed by atoms with Gasteiger partial charge in [0.25, 0.3) is 5.91 Å². The van der Waals surface area contributed by atoms with Gasteiger partial charge in [0.1, 0.15) is 17.7 Å². The molecule has 0 bridgehead atoms. The van der Waals surface area contributed by atoms with Gasteiger partial charge in [0.2, 0.25) is 0 Å². The zero-order valence-corrected chi connectivity index (χ0v) is 23.1. The average Bonchev–Trinajstić information content (AvgIpc) is 2.96. The molecule has 0 fully saturated rings. The third-order valence-electron chi connectivity index (χ3n) is 6.85. The molecule has 41 heavy (non-hydrogen) atoms. The number of nitrogens with zero attached hydrogens (tertiary/aromatic N) is 2. The first-order valence-electron chi connectivity index (χ1n) is 13.3. The Bertz CT molecular complexity index is 1370. The maximum absolute atomic E-state index is 13.6. The van der Waals surface area contributed by atoms with Crippen LogP contribution in [-0.4, -0.2) is 71.8 Å². The van der Waals surface area contributed by atoms with E-state index in [1.54, 1.807) is 43.1 Å². The van der Waals surface area contributed by atoms with Crippen LogP contribution in [0.3, 0.4) is 0 Å². The normalized spacial score (nSPS) is 17.3. The summed E-state index contributed by atoms with van der Waals surface area (Å²) < 4.78 is 19.5. The molecule has 10 nitrogen and oxygen atoms in total. The number of anilines is 3. The number of halogens is 1. The first-order chi connectivity index (χ1) is 19.6. The van der Waals surface area contributed by atoms with Gasteiger partial charge in [-0.2, -0.15) is 0 Å². The van der Waals surface area contributed by atoms with Gasteiger partial charge in [-0.3, -0.25) is 4.79 Å². The first kappa shape index (κ1) is 29.3. The first-order valence-corrected chi connectivity index (χ1v) is 13.3. The third-order valence-corrected chi connectivity index (χ3v) is 6.85. The fraction of sp³-hybridized carbons (Fsp3) is 0.300. The number of rotatable bonds is 7. The van der Waals surface area contributed by atoms with E-state index in [9.17, 15) is 23.9 Å². The Labute approximate surface area is 238 Å². The Balaban J connectivity index is 1.55. The molecule has 4 N–H and O–H groups in total. The number of urea groups is 2. The molecule has 0 radical (unpaired) electrons. The van der Waals surface area contributed by atoms with Crippen LogP contribution in [0, 0.1) is 11.7 Å². The van der Waals surface area contributed by atoms with Crippen molar-refractivity contribution in [2.24, 2.45) is 5.92 Å². The minimum Gasteiger partial charge on any atom is -0.487 e. The molecule has 1 aliphatic rings. The maximum atomic E-state index is 13.6. The van der Waals surface area contributed by atoms with Crippen LogP contribution in [0.15, 0.2) is 72.8 Å². The van der Waals surface area contributed by atoms with Crippen molar-refractivity contribution in [2.75, 3.05) is 42.7 Å². The zero-order chi connectivity index (χ0) is 29.5. The molecule has 5 amide bonds. The highest BCUT2D eigenvalue weighted by Crippen LogP contribution is 2.31. The second kappa shape index (κ2) is 13.1. The summed E-state index contributed by atoms with van der Waals surface area (Å²) in [6, 6.07) is 17.8. The van der Waals surface area contributed by atoms with E-state index in [2.05, 4.69) is 16.0 Å². The highest BCUT2D eigenvalue weighted by molar-refractivity contribution is 6.02. The van der Waals surface area contributed by atoms with E-state index in [0.29, 0.717) is 22.8 Å². The molecule has 1 aliphatic heterocycles. The second-order valence-electron chi connectivity index (χ2n) is 10.1. The molecule has 4 rings (SSSR count). The summed E-state index contributed by atoms with van der Waals surface area (Å²) in [7, 11) is 1.67. The van der Waals surface area contributed by atoms with Crippen LogP contribution >= 0.6 is 0 Å². The van der Waals surface area contributed by atoms with Gasteiger partial charge < -0.3 is 35.6 Å². The number of para-hydroxylation sites is 1. The summed E-state index contributed by atoms with van der Waals surface area (Å²) in [5.41, 5.74) is 1.60. The summed E-state index contributed by atoms with van der Waals surface area (Å²) >= 11 is 0. The topological polar surface area (TPSA) is 123 Å². The lowest BCUT2D eigenvalue weighted by Gasteiger charge is -2.38. The van der Waals surface area contributed by atoms with Crippen molar-refractivity contribution in [1.29, 1.82) is 0 Å². The van der Waals surface area contributed by atoms with E-state index in [0.717, 1.165) is 0 Å². The Hall–Kier alpha value is -4.64. The number of aliphatic hydroxyl groups excluding tert-OH is 1. The van der Waals surface area contributed by atoms with Crippen molar-refractivity contribution >= 4 is 35.0 Å². The number of hydrogen-bond donors (Lipinski definition) is 4. The van der Waals surface area contributed by atoms with Crippen LogP contribution in [0.25, 0.3) is 0 Å². The standard InChI is InChI=1S/C30H34FN5O5/c1-19-16-36(20(2)18-37)28(38)25-15-24(33-29(39)32-23-11-9-21(31)10-12-23)13-14-26(25)41-27(19)17-35(3)30(40)34-22-7-5-4-6-8-22/h4-15,19-20,27,37H,16-18H2,1-3H3,(H,34,40)(H2,32,33,39)/t19-,20-,27-/m0/s1. The van der Waals surface area contributed by atoms with Crippen molar-refractivity contribution in [3.63, 3.8) is 0 Å². The molecule has 1 heterocycles. The number of nitrogens with one attached hydrogen (secondary N) is 3. The van der Waals surface area contributed by atoms with E-state index in [1.165, 1.54) is 35.2 Å². The second-order valence-corrected chi connectivity index (χ2v) is 10.1. The zero-order valence-electron chi connectivity index (χ0n) is 23.1. The van der Waals surface area contributed by atoms with Crippen molar-refractivity contribution in [2.45, 2.75) is 26.0 Å². The van der Waals surface area contributed by atoms with Gasteiger partial charge in [-0.1, -0.05) is 25.1 Å². The molecule has 3 atom stereocenters. The number of hydrogen-bond acceptors (Lipinski definition) is 5. The lowest BCUT2D eigenvalue weighted by atomic mass is 9.99. The summed E-state index contributed by atoms with van der Waals surface area (Å²) in [4.78, 5) is 42.1. The van der Waals surface area contributed by atoms with E-state index in [1.807, 2.05) is 25.1 Å². The Morgan fingerprint density at radius 2 is 1.66 bits per heavy atom. The Morgan fingerprint density at radius 1 is 1.02 bits per heavy atom. The maximum Gasteiger partial charge on any atom is 0.323 e. The summed E-state index contributed by atoms with van der Waals surface area (Å²) in [5, 5.41) is 18.0. The lowest BCUT2D eigenvalue weighted by Crippen LogP contribution is -2.50. The van der Waals surface area contributed by atoms with Gasteiger partial charge in [0, 0.05) is 36.6 Å². The molecule has 0 spiro atoms. The van der Waals surface area contributed by atoms with Gasteiger partial charge in [0.15, 0.2) is 0 Å². The predicted molar refractivity (Wildman–Crippen MR) is 155 cm³/mol. The van der Waals surface area contributed by atoms with Crippen LogP contribution in [-0.2, 0) is 0 Å². The molecule has 216 valence electrons. The van der Waals surface area contributed by atoms with Gasteiger partial charge >= 0.3 is 12.1 Å². The number of aliphatic hydroxyl groups is 1. The summed E-state index contributed by atoms with van der Waals surface area (Å²) in [6.07, 6.45) is -0.484. The largest absolute Gasteiger partial charge is 0.487 e. The summed E-state index contributed by atoms with van der Waals surface area (Å²) in [6.45, 7) is 3.95. The molecule has 0 aliphatic carbocycles. The van der Waals surface area contributed by atoms with Crippen molar-refractivity contribution in [3.05, 3.63) is 84.2 Å². The van der Waals surface area contributed by atoms with Gasteiger partial charge in [-0.05, 0) is 61.5 Å². The molecule has 11 heteroatoms. The van der Waals surface area contributed by atoms with E-state index < -0.39 is 24.0 Å². The highest BCUT2D eigenvalue weighted by Gasteiger charge is 2.34. The number of likely N-dealkylation sites (N-methyl/N-ethyl adjacent to an activating group) is 1. The monoisotopic (exact) mass is 563 g/mol. The Morgan fingerprint density at radius 3 is 2.34 bits per heavy atom.